The van der Waals surface area contributed by atoms with Gasteiger partial charge in [0.15, 0.2) is 0 Å². The molecule has 0 unspecified atom stereocenters. The van der Waals surface area contributed by atoms with Crippen molar-refractivity contribution in [3.05, 3.63) is 187 Å². The molecule has 8 bridgehead atoms. The van der Waals surface area contributed by atoms with Crippen LogP contribution in [0.5, 0.6) is 5.75 Å². The highest BCUT2D eigenvalue weighted by Gasteiger charge is 2.21. The number of methoxy groups -OCH3 is 1. The Bertz CT molecular complexity index is 2990. The van der Waals surface area contributed by atoms with E-state index in [0.717, 1.165) is 105 Å². The maximum atomic E-state index is 5.51. The van der Waals surface area contributed by atoms with E-state index in [0.29, 0.717) is 0 Å². The number of nitrogens with one attached hydrogen (secondary N) is 2. The third kappa shape index (κ3) is 6.56. The van der Waals surface area contributed by atoms with Crippen molar-refractivity contribution in [2.45, 2.75) is 9.79 Å². The Morgan fingerprint density at radius 3 is 1.26 bits per heavy atom. The van der Waals surface area contributed by atoms with E-state index in [2.05, 4.69) is 186 Å². The van der Waals surface area contributed by atoms with E-state index >= 15 is 0 Å². The van der Waals surface area contributed by atoms with Gasteiger partial charge in [-0.15, -0.1) is 0 Å². The Morgan fingerprint density at radius 2 is 0.825 bits per heavy atom. The average Bonchev–Trinajstić information content (AvgIpc) is 4.11. The highest BCUT2D eigenvalue weighted by molar-refractivity contribution is 7.99. The Hall–Kier alpha value is -7.15. The van der Waals surface area contributed by atoms with Crippen molar-refractivity contribution in [3.8, 4) is 50.3 Å². The minimum absolute atomic E-state index is 0.820. The molecular weight excluding hydrogens is 717 g/mol. The number of rotatable bonds is 7. The smallest absolute Gasteiger partial charge is 0.118 e. The zero-order chi connectivity index (χ0) is 38.1. The number of fused-ring (bicyclic) bond motifs is 8. The highest BCUT2D eigenvalue weighted by atomic mass is 32.2. The molecule has 0 atom stereocenters. The number of hydrogen-bond acceptors (Lipinski definition) is 4. The summed E-state index contributed by atoms with van der Waals surface area (Å²) in [5.41, 5.74) is 15.8. The molecule has 0 radical (unpaired) electrons. The van der Waals surface area contributed by atoms with E-state index in [4.69, 9.17) is 14.7 Å². The van der Waals surface area contributed by atoms with Crippen LogP contribution in [0.25, 0.3) is 90.9 Å². The summed E-state index contributed by atoms with van der Waals surface area (Å²) in [6.45, 7) is 0. The Labute approximate surface area is 335 Å². The summed E-state index contributed by atoms with van der Waals surface area (Å²) in [7, 11) is 1.70. The monoisotopic (exact) mass is 752 g/mol. The summed E-state index contributed by atoms with van der Waals surface area (Å²) in [4.78, 5) is 20.9. The maximum Gasteiger partial charge on any atom is 0.118 e. The number of benzene rings is 5. The molecule has 0 saturated heterocycles. The van der Waals surface area contributed by atoms with Crippen LogP contribution in [0.1, 0.15) is 22.8 Å². The molecule has 0 aliphatic carbocycles. The molecule has 2 aliphatic heterocycles. The van der Waals surface area contributed by atoms with Gasteiger partial charge in [0.05, 0.1) is 35.4 Å². The summed E-state index contributed by atoms with van der Waals surface area (Å²) in [6.07, 6.45) is 8.59. The zero-order valence-electron chi connectivity index (χ0n) is 31.1. The van der Waals surface area contributed by atoms with Crippen molar-refractivity contribution >= 4 is 58.1 Å². The van der Waals surface area contributed by atoms with E-state index in [1.54, 1.807) is 18.9 Å². The molecule has 6 heteroatoms. The van der Waals surface area contributed by atoms with Crippen molar-refractivity contribution < 1.29 is 4.74 Å². The normalized spacial score (nSPS) is 11.9. The summed E-state index contributed by atoms with van der Waals surface area (Å²) in [5, 5.41) is 0. The first-order valence-corrected chi connectivity index (χ1v) is 19.8. The number of nitrogens with zero attached hydrogens (tertiary/aromatic N) is 2. The number of H-pyrrole nitrogens is 2. The van der Waals surface area contributed by atoms with Crippen LogP contribution in [0.3, 0.4) is 0 Å². The first kappa shape index (κ1) is 34.3. The van der Waals surface area contributed by atoms with E-state index in [1.807, 2.05) is 12.1 Å². The van der Waals surface area contributed by atoms with Crippen molar-refractivity contribution in [1.29, 1.82) is 0 Å². The van der Waals surface area contributed by atoms with Gasteiger partial charge in [-0.3, -0.25) is 0 Å². The largest absolute Gasteiger partial charge is 0.497 e. The van der Waals surface area contributed by atoms with Gasteiger partial charge in [0.25, 0.3) is 0 Å². The van der Waals surface area contributed by atoms with Crippen LogP contribution in [0, 0.1) is 0 Å². The van der Waals surface area contributed by atoms with Gasteiger partial charge in [0, 0.05) is 48.6 Å². The summed E-state index contributed by atoms with van der Waals surface area (Å²) < 4.78 is 5.51. The van der Waals surface area contributed by atoms with E-state index < -0.39 is 0 Å². The summed E-state index contributed by atoms with van der Waals surface area (Å²) in [6, 6.07) is 57.0. The molecule has 2 N–H and O–H groups in total. The fourth-order valence-corrected chi connectivity index (χ4v) is 8.70. The lowest BCUT2D eigenvalue weighted by molar-refractivity contribution is 0.414. The van der Waals surface area contributed by atoms with Crippen LogP contribution in [0.15, 0.2) is 174 Å². The first-order valence-electron chi connectivity index (χ1n) is 18.9. The molecule has 5 nitrogen and oxygen atoms in total. The van der Waals surface area contributed by atoms with E-state index in [-0.39, 0.29) is 0 Å². The Morgan fingerprint density at radius 1 is 0.421 bits per heavy atom. The Kier molecular flexibility index (Phi) is 8.94. The van der Waals surface area contributed by atoms with Crippen molar-refractivity contribution in [1.82, 2.24) is 19.9 Å². The number of ether oxygens (including phenoxy) is 1. The standard InChI is InChI=1S/C51H36N4OS/c1-56-37-22-24-38(25-23-37)57-46-32-45-49(35-18-10-4-11-19-35)43-29-28-41(53-43)47(33-14-6-2-7-15-33)39-26-27-40(52-39)48(34-16-8-3-9-17-34)42-30-31-44(54-42)50(51(46)55-45)36-20-12-5-13-21-36/h2-32,52,55H,1H3. The van der Waals surface area contributed by atoms with Crippen molar-refractivity contribution in [2.75, 3.05) is 7.11 Å². The zero-order valence-corrected chi connectivity index (χ0v) is 31.9. The summed E-state index contributed by atoms with van der Waals surface area (Å²) in [5.74, 6) is 0.820. The molecule has 57 heavy (non-hydrogen) atoms. The van der Waals surface area contributed by atoms with Gasteiger partial charge < -0.3 is 14.7 Å². The molecular formula is C51H36N4OS. The van der Waals surface area contributed by atoms with E-state index in [1.165, 1.54) is 0 Å². The Balaban J connectivity index is 1.40. The predicted molar refractivity (Wildman–Crippen MR) is 238 cm³/mol. The molecule has 10 rings (SSSR count). The van der Waals surface area contributed by atoms with Gasteiger partial charge in [0.2, 0.25) is 0 Å². The topological polar surface area (TPSA) is 66.6 Å². The second kappa shape index (κ2) is 14.8. The molecule has 0 spiro atoms. The van der Waals surface area contributed by atoms with Crippen LogP contribution in [0.2, 0.25) is 0 Å². The maximum absolute atomic E-state index is 5.51. The summed E-state index contributed by atoms with van der Waals surface area (Å²) >= 11 is 1.72. The first-order chi connectivity index (χ1) is 28.2. The average molecular weight is 753 g/mol. The lowest BCUT2D eigenvalue weighted by Crippen LogP contribution is -1.89. The van der Waals surface area contributed by atoms with Crippen LogP contribution in [0.4, 0.5) is 0 Å². The minimum atomic E-state index is 0.820. The third-order valence-electron chi connectivity index (χ3n) is 10.4. The number of aromatic amines is 2. The number of hydrogen-bond donors (Lipinski definition) is 2. The minimum Gasteiger partial charge on any atom is -0.497 e. The fourth-order valence-electron chi connectivity index (χ4n) is 7.74. The molecule has 5 aromatic carbocycles. The lowest BCUT2D eigenvalue weighted by Gasteiger charge is -2.08. The van der Waals surface area contributed by atoms with Gasteiger partial charge in [-0.05, 0) is 89.0 Å². The van der Waals surface area contributed by atoms with Crippen LogP contribution in [-0.4, -0.2) is 27.0 Å². The predicted octanol–water partition coefficient (Wildman–Crippen LogP) is 13.5. The van der Waals surface area contributed by atoms with Crippen LogP contribution in [-0.2, 0) is 0 Å². The molecule has 2 aliphatic rings. The molecule has 5 heterocycles. The molecule has 8 aromatic rings. The van der Waals surface area contributed by atoms with Crippen molar-refractivity contribution in [2.24, 2.45) is 0 Å². The van der Waals surface area contributed by atoms with Crippen molar-refractivity contribution in [3.63, 3.8) is 0 Å². The third-order valence-corrected chi connectivity index (χ3v) is 11.4. The fraction of sp³-hybridized carbons (Fsp3) is 0.0196. The second-order valence-corrected chi connectivity index (χ2v) is 15.0. The van der Waals surface area contributed by atoms with Crippen LogP contribution >= 0.6 is 11.8 Å². The van der Waals surface area contributed by atoms with Gasteiger partial charge in [-0.25, -0.2) is 9.97 Å². The SMILES string of the molecule is COc1ccc(Sc2cc3[nH]c2c(-c2ccccc2)c2nc(c(-c4ccccc4)c4ccc([nH]4)c(-c4ccccc4)c4nc(c3-c3ccccc3)C=C4)C=C2)cc1. The van der Waals surface area contributed by atoms with Gasteiger partial charge in [-0.1, -0.05) is 133 Å². The molecule has 0 fully saturated rings. The lowest BCUT2D eigenvalue weighted by atomic mass is 10.0. The number of aromatic nitrogens is 4. The van der Waals surface area contributed by atoms with Crippen LogP contribution < -0.4 is 4.74 Å². The van der Waals surface area contributed by atoms with Gasteiger partial charge >= 0.3 is 0 Å². The van der Waals surface area contributed by atoms with Gasteiger partial charge in [0.1, 0.15) is 5.75 Å². The van der Waals surface area contributed by atoms with Gasteiger partial charge in [-0.2, -0.15) is 0 Å². The second-order valence-electron chi connectivity index (χ2n) is 13.9. The molecule has 272 valence electrons. The van der Waals surface area contributed by atoms with E-state index in [9.17, 15) is 0 Å². The molecule has 0 saturated carbocycles. The highest BCUT2D eigenvalue weighted by Crippen LogP contribution is 2.43. The molecule has 3 aromatic heterocycles. The quantitative estimate of drug-likeness (QED) is 0.170. The molecule has 0 amide bonds.